The van der Waals surface area contributed by atoms with Crippen LogP contribution in [0.2, 0.25) is 0 Å². The zero-order chi connectivity index (χ0) is 11.7. The first kappa shape index (κ1) is 10.7. The van der Waals surface area contributed by atoms with Crippen molar-refractivity contribution in [3.8, 4) is 0 Å². The van der Waals surface area contributed by atoms with E-state index in [0.29, 0.717) is 37.4 Å². The van der Waals surface area contributed by atoms with Crippen LogP contribution in [0.3, 0.4) is 0 Å². The summed E-state index contributed by atoms with van der Waals surface area (Å²) in [5, 5.41) is 2.33. The Morgan fingerprint density at radius 2 is 2.12 bits per heavy atom. The minimum atomic E-state index is -0.328. The Bertz CT molecular complexity index is 375. The molecule has 5 nitrogen and oxygen atoms in total. The highest BCUT2D eigenvalue weighted by Crippen LogP contribution is 2.24. The Balaban J connectivity index is 2.12. The van der Waals surface area contributed by atoms with Crippen LogP contribution in [0.15, 0.2) is 24.6 Å². The van der Waals surface area contributed by atoms with Crippen molar-refractivity contribution >= 4 is 11.8 Å². The maximum atomic E-state index is 11.7. The molecule has 0 aliphatic carbocycles. The Morgan fingerprint density at radius 1 is 1.38 bits per heavy atom. The monoisotopic (exact) mass is 222 g/mol. The summed E-state index contributed by atoms with van der Waals surface area (Å²) >= 11 is 0. The van der Waals surface area contributed by atoms with Crippen molar-refractivity contribution in [3.05, 3.63) is 24.6 Å². The Morgan fingerprint density at radius 3 is 2.81 bits per heavy atom. The van der Waals surface area contributed by atoms with Crippen LogP contribution in [-0.2, 0) is 14.3 Å². The molecule has 2 aliphatic heterocycles. The summed E-state index contributed by atoms with van der Waals surface area (Å²) < 4.78 is 5.23. The zero-order valence-corrected chi connectivity index (χ0v) is 8.99. The molecule has 0 bridgehead atoms. The van der Waals surface area contributed by atoms with E-state index in [1.165, 1.54) is 0 Å². The number of morpholine rings is 1. The number of carbonyl (C=O) groups excluding carboxylic acids is 2. The molecule has 1 N–H and O–H groups in total. The highest BCUT2D eigenvalue weighted by molar-refractivity contribution is 6.00. The number of imide groups is 1. The van der Waals surface area contributed by atoms with Crippen molar-refractivity contribution < 1.29 is 14.3 Å². The third-order valence-corrected chi connectivity index (χ3v) is 2.86. The lowest BCUT2D eigenvalue weighted by Gasteiger charge is -2.38. The highest BCUT2D eigenvalue weighted by atomic mass is 16.5. The van der Waals surface area contributed by atoms with Crippen LogP contribution in [0.1, 0.15) is 12.8 Å². The second-order valence-corrected chi connectivity index (χ2v) is 3.88. The number of nitrogens with zero attached hydrogens (tertiary/aromatic N) is 1. The molecule has 2 rings (SSSR count). The minimum absolute atomic E-state index is 0.209. The molecule has 16 heavy (non-hydrogen) atoms. The average Bonchev–Trinajstić information content (AvgIpc) is 2.23. The number of piperidine rings is 1. The first-order valence-electron chi connectivity index (χ1n) is 5.21. The van der Waals surface area contributed by atoms with Crippen LogP contribution in [0.25, 0.3) is 0 Å². The Labute approximate surface area is 93.7 Å². The predicted octanol–water partition coefficient (Wildman–Crippen LogP) is 0.151. The summed E-state index contributed by atoms with van der Waals surface area (Å²) in [5.74, 6) is 0.0296. The third-order valence-electron chi connectivity index (χ3n) is 2.86. The lowest BCUT2D eigenvalue weighted by molar-refractivity contribution is -0.137. The van der Waals surface area contributed by atoms with Gasteiger partial charge in [0.05, 0.1) is 12.2 Å². The fraction of sp³-hybridized carbons (Fsp3) is 0.455. The van der Waals surface area contributed by atoms with Gasteiger partial charge in [-0.1, -0.05) is 13.2 Å². The molecule has 0 radical (unpaired) electrons. The predicted molar refractivity (Wildman–Crippen MR) is 57.1 cm³/mol. The third kappa shape index (κ3) is 1.80. The molecule has 86 valence electrons. The van der Waals surface area contributed by atoms with Crippen molar-refractivity contribution in [1.29, 1.82) is 0 Å². The van der Waals surface area contributed by atoms with Crippen LogP contribution in [0.4, 0.5) is 0 Å². The summed E-state index contributed by atoms with van der Waals surface area (Å²) in [6.45, 7) is 8.66. The van der Waals surface area contributed by atoms with E-state index in [1.807, 2.05) is 4.90 Å². The van der Waals surface area contributed by atoms with Crippen molar-refractivity contribution in [2.45, 2.75) is 18.9 Å². The normalized spacial score (nSPS) is 26.5. The van der Waals surface area contributed by atoms with E-state index in [9.17, 15) is 9.59 Å². The lowest BCUT2D eigenvalue weighted by atomic mass is 10.0. The molecule has 0 aromatic heterocycles. The Hall–Kier alpha value is -1.78. The van der Waals surface area contributed by atoms with Gasteiger partial charge >= 0.3 is 0 Å². The van der Waals surface area contributed by atoms with Crippen LogP contribution in [0, 0.1) is 0 Å². The highest BCUT2D eigenvalue weighted by Gasteiger charge is 2.34. The SMILES string of the molecule is C=C1OCCN(C2CCC(=O)NC2=O)C1=C. The second kappa shape index (κ2) is 4.00. The van der Waals surface area contributed by atoms with E-state index in [1.54, 1.807) is 0 Å². The van der Waals surface area contributed by atoms with Crippen LogP contribution < -0.4 is 5.32 Å². The number of carbonyl (C=O) groups is 2. The van der Waals surface area contributed by atoms with E-state index in [0.717, 1.165) is 0 Å². The van der Waals surface area contributed by atoms with Crippen LogP contribution in [0.5, 0.6) is 0 Å². The largest absolute Gasteiger partial charge is 0.490 e. The van der Waals surface area contributed by atoms with Gasteiger partial charge in [0.1, 0.15) is 18.4 Å². The smallest absolute Gasteiger partial charge is 0.249 e. The molecule has 1 atom stereocenters. The summed E-state index contributed by atoms with van der Waals surface area (Å²) in [5.41, 5.74) is 0.626. The molecule has 0 aromatic carbocycles. The number of nitrogens with one attached hydrogen (secondary N) is 1. The maximum Gasteiger partial charge on any atom is 0.249 e. The van der Waals surface area contributed by atoms with E-state index in [4.69, 9.17) is 4.74 Å². The minimum Gasteiger partial charge on any atom is -0.490 e. The number of hydrogen-bond acceptors (Lipinski definition) is 4. The molecule has 0 aromatic rings. The van der Waals surface area contributed by atoms with Gasteiger partial charge in [-0.15, -0.1) is 0 Å². The van der Waals surface area contributed by atoms with E-state index in [-0.39, 0.29) is 17.9 Å². The Kier molecular flexibility index (Phi) is 2.68. The molecule has 0 saturated carbocycles. The quantitative estimate of drug-likeness (QED) is 0.642. The van der Waals surface area contributed by atoms with E-state index >= 15 is 0 Å². The fourth-order valence-electron chi connectivity index (χ4n) is 1.97. The van der Waals surface area contributed by atoms with Crippen molar-refractivity contribution in [3.63, 3.8) is 0 Å². The van der Waals surface area contributed by atoms with Gasteiger partial charge in [-0.05, 0) is 6.42 Å². The molecule has 2 aliphatic rings. The molecule has 0 spiro atoms. The molecule has 1 unspecified atom stereocenters. The molecule has 2 saturated heterocycles. The molecule has 2 amide bonds. The van der Waals surface area contributed by atoms with Crippen LogP contribution >= 0.6 is 0 Å². The topological polar surface area (TPSA) is 58.6 Å². The summed E-state index contributed by atoms with van der Waals surface area (Å²) in [6, 6.07) is -0.328. The fourth-order valence-corrected chi connectivity index (χ4v) is 1.97. The molecule has 5 heteroatoms. The van der Waals surface area contributed by atoms with Gasteiger partial charge in [0.2, 0.25) is 11.8 Å². The van der Waals surface area contributed by atoms with Crippen molar-refractivity contribution in [1.82, 2.24) is 10.2 Å². The van der Waals surface area contributed by atoms with E-state index < -0.39 is 0 Å². The van der Waals surface area contributed by atoms with Gasteiger partial charge in [0.25, 0.3) is 0 Å². The summed E-state index contributed by atoms with van der Waals surface area (Å²) in [6.07, 6.45) is 0.893. The number of amides is 2. The van der Waals surface area contributed by atoms with Gasteiger partial charge in [0, 0.05) is 6.42 Å². The molecule has 2 fully saturated rings. The van der Waals surface area contributed by atoms with Gasteiger partial charge in [-0.25, -0.2) is 0 Å². The standard InChI is InChI=1S/C11H14N2O3/c1-7-8(2)16-6-5-13(7)9-3-4-10(14)12-11(9)15/h9H,1-6H2,(H,12,14,15). The first-order valence-corrected chi connectivity index (χ1v) is 5.21. The van der Waals surface area contributed by atoms with E-state index in [2.05, 4.69) is 18.5 Å². The lowest BCUT2D eigenvalue weighted by Crippen LogP contribution is -2.53. The van der Waals surface area contributed by atoms with Gasteiger partial charge in [0.15, 0.2) is 0 Å². The molecular formula is C11H14N2O3. The maximum absolute atomic E-state index is 11.7. The molecular weight excluding hydrogens is 208 g/mol. The molecule has 2 heterocycles. The van der Waals surface area contributed by atoms with Crippen molar-refractivity contribution in [2.24, 2.45) is 0 Å². The number of ether oxygens (including phenoxy) is 1. The van der Waals surface area contributed by atoms with Crippen LogP contribution in [-0.4, -0.2) is 35.9 Å². The summed E-state index contributed by atoms with van der Waals surface area (Å²) in [7, 11) is 0. The van der Waals surface area contributed by atoms with Gasteiger partial charge < -0.3 is 9.64 Å². The van der Waals surface area contributed by atoms with Gasteiger partial charge in [-0.3, -0.25) is 14.9 Å². The van der Waals surface area contributed by atoms with Crippen molar-refractivity contribution in [2.75, 3.05) is 13.2 Å². The number of rotatable bonds is 1. The van der Waals surface area contributed by atoms with Gasteiger partial charge in [-0.2, -0.15) is 0 Å². The average molecular weight is 222 g/mol. The number of hydrogen-bond donors (Lipinski definition) is 1. The summed E-state index contributed by atoms with van der Waals surface area (Å²) in [4.78, 5) is 24.6. The first-order chi connectivity index (χ1) is 7.59. The zero-order valence-electron chi connectivity index (χ0n) is 8.99. The second-order valence-electron chi connectivity index (χ2n) is 3.88.